The molecule has 38 heavy (non-hydrogen) atoms. The van der Waals surface area contributed by atoms with Gasteiger partial charge in [0.15, 0.2) is 0 Å². The van der Waals surface area contributed by atoms with Crippen LogP contribution >= 0.6 is 7.75 Å². The number of nitrogens with zero attached hydrogens (tertiary/aromatic N) is 2. The lowest BCUT2D eigenvalue weighted by Crippen LogP contribution is -2.24. The summed E-state index contributed by atoms with van der Waals surface area (Å²) in [6, 6.07) is 26.8. The van der Waals surface area contributed by atoms with Crippen LogP contribution in [0.4, 0.5) is 0 Å². The molecule has 0 bridgehead atoms. The number of benzene rings is 3. The minimum absolute atomic E-state index is 0.0133. The molecule has 0 spiro atoms. The van der Waals surface area contributed by atoms with Gasteiger partial charge < -0.3 is 14.2 Å². The Bertz CT molecular complexity index is 1360. The van der Waals surface area contributed by atoms with Crippen molar-refractivity contribution in [1.29, 1.82) is 0 Å². The average molecular weight is 536 g/mol. The van der Waals surface area contributed by atoms with E-state index in [9.17, 15) is 9.36 Å². The monoisotopic (exact) mass is 535 g/mol. The molecule has 0 fully saturated rings. The number of rotatable bonds is 14. The molecule has 0 saturated carbocycles. The van der Waals surface area contributed by atoms with Crippen molar-refractivity contribution in [2.24, 2.45) is 0 Å². The maximum absolute atomic E-state index is 13.7. The van der Waals surface area contributed by atoms with Gasteiger partial charge in [-0.15, -0.1) is 0 Å². The predicted octanol–water partition coefficient (Wildman–Crippen LogP) is 5.38. The van der Waals surface area contributed by atoms with Crippen LogP contribution < -0.4 is 5.09 Å². The van der Waals surface area contributed by atoms with Gasteiger partial charge in [0.05, 0.1) is 12.1 Å². The van der Waals surface area contributed by atoms with Crippen molar-refractivity contribution in [3.63, 3.8) is 0 Å². The molecule has 0 radical (unpaired) electrons. The molecule has 4 rings (SSSR count). The summed E-state index contributed by atoms with van der Waals surface area (Å²) < 4.78 is 32.5. The fourth-order valence-electron chi connectivity index (χ4n) is 3.92. The first-order chi connectivity index (χ1) is 18.4. The molecule has 3 aromatic carbocycles. The van der Waals surface area contributed by atoms with E-state index in [1.165, 1.54) is 5.56 Å². The maximum atomic E-state index is 13.7. The molecule has 0 aliphatic heterocycles. The lowest BCUT2D eigenvalue weighted by molar-refractivity contribution is -0.143. The van der Waals surface area contributed by atoms with Gasteiger partial charge in [-0.2, -0.15) is 0 Å². The Morgan fingerprint density at radius 3 is 2.18 bits per heavy atom. The van der Waals surface area contributed by atoms with E-state index < -0.39 is 13.7 Å². The first kappa shape index (κ1) is 27.8. The summed E-state index contributed by atoms with van der Waals surface area (Å²) >= 11 is 0. The van der Waals surface area contributed by atoms with E-state index in [-0.39, 0.29) is 26.5 Å². The summed E-state index contributed by atoms with van der Waals surface area (Å²) in [5.41, 5.74) is 3.85. The molecule has 1 aromatic heterocycles. The van der Waals surface area contributed by atoms with E-state index in [2.05, 4.69) is 16.1 Å². The van der Waals surface area contributed by atoms with E-state index in [4.69, 9.17) is 13.8 Å². The Hall–Kier alpha value is -3.26. The summed E-state index contributed by atoms with van der Waals surface area (Å²) in [6.07, 6.45) is 2.89. The molecule has 9 heteroatoms. The van der Waals surface area contributed by atoms with Gasteiger partial charge in [-0.05, 0) is 43.3 Å². The first-order valence-corrected chi connectivity index (χ1v) is 14.1. The van der Waals surface area contributed by atoms with Gasteiger partial charge in [-0.25, -0.2) is 9.65 Å². The number of likely N-dealkylation sites (N-methyl/N-ethyl adjacent to an activating group) is 1. The highest BCUT2D eigenvalue weighted by Gasteiger charge is 2.27. The van der Waals surface area contributed by atoms with Gasteiger partial charge >= 0.3 is 13.7 Å². The molecule has 0 aliphatic carbocycles. The number of aromatic nitrogens is 1. The van der Waals surface area contributed by atoms with Crippen LogP contribution in [-0.4, -0.2) is 42.6 Å². The Morgan fingerprint density at radius 1 is 0.868 bits per heavy atom. The van der Waals surface area contributed by atoms with E-state index in [0.717, 1.165) is 35.0 Å². The SMILES string of the molecule is CN(C)CCc1cn(COP(=O)(NCC(=O)OCc2ccccc2)OCc2ccccc2)c2ccccc12. The largest absolute Gasteiger partial charge is 0.460 e. The van der Waals surface area contributed by atoms with Crippen LogP contribution in [0.15, 0.2) is 91.1 Å². The number of carbonyl (C=O) groups excluding carboxylic acids is 1. The summed E-state index contributed by atoms with van der Waals surface area (Å²) in [6.45, 7) is 0.757. The normalized spacial score (nSPS) is 13.0. The quantitative estimate of drug-likeness (QED) is 0.172. The van der Waals surface area contributed by atoms with Crippen molar-refractivity contribution in [2.75, 3.05) is 27.2 Å². The second kappa shape index (κ2) is 13.5. The molecule has 0 amide bonds. The average Bonchev–Trinajstić information content (AvgIpc) is 3.31. The minimum Gasteiger partial charge on any atom is -0.460 e. The molecule has 1 N–H and O–H groups in total. The Balaban J connectivity index is 1.44. The number of esters is 1. The Labute approximate surface area is 223 Å². The highest BCUT2D eigenvalue weighted by Crippen LogP contribution is 2.45. The molecule has 4 aromatic rings. The van der Waals surface area contributed by atoms with E-state index in [0.29, 0.717) is 0 Å². The number of hydrogen-bond acceptors (Lipinski definition) is 6. The van der Waals surface area contributed by atoms with Crippen LogP contribution in [0.5, 0.6) is 0 Å². The Kier molecular flexibility index (Phi) is 9.87. The number of carbonyl (C=O) groups is 1. The van der Waals surface area contributed by atoms with Gasteiger partial charge in [0, 0.05) is 18.1 Å². The lowest BCUT2D eigenvalue weighted by Gasteiger charge is -2.20. The van der Waals surface area contributed by atoms with Crippen molar-refractivity contribution in [2.45, 2.75) is 26.4 Å². The maximum Gasteiger partial charge on any atom is 0.408 e. The van der Waals surface area contributed by atoms with Crippen molar-refractivity contribution in [3.8, 4) is 0 Å². The number of ether oxygens (including phenoxy) is 1. The fourth-order valence-corrected chi connectivity index (χ4v) is 5.10. The van der Waals surface area contributed by atoms with Crippen LogP contribution in [-0.2, 0) is 49.5 Å². The number of nitrogens with one attached hydrogen (secondary N) is 1. The molecule has 0 aliphatic rings. The van der Waals surface area contributed by atoms with Crippen LogP contribution in [0, 0.1) is 0 Å². The van der Waals surface area contributed by atoms with E-state index in [1.54, 1.807) is 0 Å². The van der Waals surface area contributed by atoms with E-state index >= 15 is 0 Å². The highest BCUT2D eigenvalue weighted by molar-refractivity contribution is 7.51. The van der Waals surface area contributed by atoms with Gasteiger partial charge in [0.25, 0.3) is 0 Å². The third-order valence-electron chi connectivity index (χ3n) is 5.97. The smallest absolute Gasteiger partial charge is 0.408 e. The summed E-state index contributed by atoms with van der Waals surface area (Å²) in [5, 5.41) is 3.80. The number of para-hydroxylation sites is 1. The molecule has 1 atom stereocenters. The molecular weight excluding hydrogens is 501 g/mol. The summed E-state index contributed by atoms with van der Waals surface area (Å²) in [7, 11) is 0.202. The van der Waals surface area contributed by atoms with Crippen LogP contribution in [0.25, 0.3) is 10.9 Å². The van der Waals surface area contributed by atoms with Gasteiger partial charge in [0.1, 0.15) is 19.9 Å². The molecule has 1 unspecified atom stereocenters. The lowest BCUT2D eigenvalue weighted by atomic mass is 10.1. The standard InChI is InChI=1S/C29H34N3O5P/c1-31(2)18-17-26-20-32(28-16-10-9-15-27(26)28)23-37-38(34,36-22-25-13-7-4-8-14-25)30-19-29(33)35-21-24-11-5-3-6-12-24/h3-16,20H,17-19,21-23H2,1-2H3,(H,30,34). The molecule has 1 heterocycles. The van der Waals surface area contributed by atoms with Gasteiger partial charge in [0.2, 0.25) is 0 Å². The summed E-state index contributed by atoms with van der Waals surface area (Å²) in [5.74, 6) is -0.557. The van der Waals surface area contributed by atoms with Gasteiger partial charge in [-0.3, -0.25) is 13.8 Å². The fraction of sp³-hybridized carbons (Fsp3) is 0.276. The molecule has 200 valence electrons. The molecule has 0 saturated heterocycles. The molecule has 8 nitrogen and oxygen atoms in total. The minimum atomic E-state index is -3.88. The second-order valence-corrected chi connectivity index (χ2v) is 11.0. The zero-order valence-electron chi connectivity index (χ0n) is 21.8. The van der Waals surface area contributed by atoms with Crippen molar-refractivity contribution >= 4 is 24.6 Å². The topological polar surface area (TPSA) is 82.0 Å². The van der Waals surface area contributed by atoms with Crippen molar-refractivity contribution < 1.29 is 23.1 Å². The summed E-state index contributed by atoms with van der Waals surface area (Å²) in [4.78, 5) is 14.5. The van der Waals surface area contributed by atoms with Crippen LogP contribution in [0.2, 0.25) is 0 Å². The van der Waals surface area contributed by atoms with Crippen molar-refractivity contribution in [1.82, 2.24) is 14.6 Å². The highest BCUT2D eigenvalue weighted by atomic mass is 31.2. The van der Waals surface area contributed by atoms with Crippen LogP contribution in [0.3, 0.4) is 0 Å². The zero-order chi connectivity index (χ0) is 26.8. The van der Waals surface area contributed by atoms with Gasteiger partial charge in [-0.1, -0.05) is 78.9 Å². The van der Waals surface area contributed by atoms with Crippen molar-refractivity contribution in [3.05, 3.63) is 108 Å². The second-order valence-electron chi connectivity index (χ2n) is 9.19. The number of hydrogen-bond donors (Lipinski definition) is 1. The predicted molar refractivity (Wildman–Crippen MR) is 148 cm³/mol. The first-order valence-electron chi connectivity index (χ1n) is 12.5. The number of fused-ring (bicyclic) bond motifs is 1. The Morgan fingerprint density at radius 2 is 1.50 bits per heavy atom. The van der Waals surface area contributed by atoms with E-state index in [1.807, 2.05) is 104 Å². The third-order valence-corrected chi connectivity index (χ3v) is 7.44. The third kappa shape index (κ3) is 8.12. The van der Waals surface area contributed by atoms with Crippen LogP contribution in [0.1, 0.15) is 16.7 Å². The zero-order valence-corrected chi connectivity index (χ0v) is 22.7. The molecular formula is C29H34N3O5P.